The number of urea groups is 2. The van der Waals surface area contributed by atoms with E-state index >= 15 is 0 Å². The quantitative estimate of drug-likeness (QED) is 0.391. The van der Waals surface area contributed by atoms with Gasteiger partial charge in [-0.15, -0.1) is 0 Å². The second-order valence-electron chi connectivity index (χ2n) is 8.24. The molecular weight excluding hydrogens is 454 g/mol. The van der Waals surface area contributed by atoms with Crippen molar-refractivity contribution in [2.75, 3.05) is 20.1 Å². The lowest BCUT2D eigenvalue weighted by Gasteiger charge is -2.29. The van der Waals surface area contributed by atoms with Crippen LogP contribution in [0.4, 0.5) is 9.59 Å². The minimum atomic E-state index is -1.20. The molecule has 0 radical (unpaired) electrons. The van der Waals surface area contributed by atoms with Gasteiger partial charge in [0, 0.05) is 13.6 Å². The molecule has 3 atom stereocenters. The predicted molar refractivity (Wildman–Crippen MR) is 123 cm³/mol. The number of carbonyl (C=O) groups excluding carboxylic acids is 5. The van der Waals surface area contributed by atoms with E-state index in [2.05, 4.69) is 16.0 Å². The fraction of sp³-hybridized carbons (Fsp3) is 0.292. The molecule has 2 fully saturated rings. The number of esters is 1. The zero-order chi connectivity index (χ0) is 24.9. The van der Waals surface area contributed by atoms with Crippen molar-refractivity contribution in [3.05, 3.63) is 71.8 Å². The van der Waals surface area contributed by atoms with Gasteiger partial charge in [0.15, 0.2) is 6.04 Å². The smallest absolute Gasteiger partial charge is 0.331 e. The van der Waals surface area contributed by atoms with Crippen LogP contribution in [0.25, 0.3) is 0 Å². The standard InChI is InChI=1S/C24H25N5O6/c1-28-13-18(22(32)35-14-15-8-4-2-5-9-15)29(24(28)34)23(33)27-19(16-10-6-3-7-11-16)21(31)26-17-12-25-20(17)30/h2-11,17-19H,12-14H2,1H3,(H,25,30)(H,26,31)(H,27,33). The van der Waals surface area contributed by atoms with E-state index in [9.17, 15) is 24.0 Å². The third-order valence-electron chi connectivity index (χ3n) is 5.78. The molecule has 2 heterocycles. The summed E-state index contributed by atoms with van der Waals surface area (Å²) in [6.45, 7) is 0.219. The van der Waals surface area contributed by atoms with E-state index < -0.39 is 42.1 Å². The molecule has 0 aromatic heterocycles. The highest BCUT2D eigenvalue weighted by Crippen LogP contribution is 2.20. The van der Waals surface area contributed by atoms with Crippen LogP contribution < -0.4 is 16.0 Å². The average molecular weight is 479 g/mol. The summed E-state index contributed by atoms with van der Waals surface area (Å²) in [5.41, 5.74) is 1.21. The van der Waals surface area contributed by atoms with Gasteiger partial charge in [0.05, 0.1) is 6.54 Å². The number of rotatable bonds is 7. The number of ether oxygens (including phenoxy) is 1. The average Bonchev–Trinajstić information content (AvgIpc) is 3.18. The van der Waals surface area contributed by atoms with Crippen molar-refractivity contribution in [1.82, 2.24) is 25.8 Å². The maximum atomic E-state index is 13.2. The Kier molecular flexibility index (Phi) is 6.95. The summed E-state index contributed by atoms with van der Waals surface area (Å²) in [5.74, 6) is -1.68. The molecule has 2 aliphatic heterocycles. The van der Waals surface area contributed by atoms with E-state index in [4.69, 9.17) is 4.74 Å². The Labute approximate surface area is 201 Å². The molecule has 0 bridgehead atoms. The molecular formula is C24H25N5O6. The number of hydrogen-bond donors (Lipinski definition) is 3. The largest absolute Gasteiger partial charge is 0.459 e. The lowest BCUT2D eigenvalue weighted by molar-refractivity contribution is -0.148. The van der Waals surface area contributed by atoms with Gasteiger partial charge in [0.1, 0.15) is 18.7 Å². The first-order valence-electron chi connectivity index (χ1n) is 11.0. The monoisotopic (exact) mass is 479 g/mol. The Morgan fingerprint density at radius 3 is 2.31 bits per heavy atom. The summed E-state index contributed by atoms with van der Waals surface area (Å²) in [6, 6.07) is 12.7. The molecule has 3 N–H and O–H groups in total. The van der Waals surface area contributed by atoms with Crippen LogP contribution in [0.5, 0.6) is 0 Å². The number of nitrogens with one attached hydrogen (secondary N) is 3. The van der Waals surface area contributed by atoms with Gasteiger partial charge in [-0.25, -0.2) is 19.3 Å². The van der Waals surface area contributed by atoms with E-state index in [0.717, 1.165) is 10.5 Å². The first-order chi connectivity index (χ1) is 16.8. The Bertz CT molecular complexity index is 1130. The SMILES string of the molecule is CN1CC(C(=O)OCc2ccccc2)N(C(=O)NC(C(=O)NC2CNC2=O)c2ccccc2)C1=O. The Balaban J connectivity index is 1.49. The first kappa shape index (κ1) is 23.7. The molecule has 2 saturated heterocycles. The molecule has 0 spiro atoms. The van der Waals surface area contributed by atoms with Crippen molar-refractivity contribution in [2.24, 2.45) is 0 Å². The second-order valence-corrected chi connectivity index (χ2v) is 8.24. The number of imide groups is 1. The van der Waals surface area contributed by atoms with Crippen LogP contribution in [0, 0.1) is 0 Å². The van der Waals surface area contributed by atoms with E-state index in [0.29, 0.717) is 5.56 Å². The molecule has 2 aliphatic rings. The highest BCUT2D eigenvalue weighted by atomic mass is 16.5. The van der Waals surface area contributed by atoms with Gasteiger partial charge in [0.2, 0.25) is 11.8 Å². The molecule has 6 amide bonds. The number of β-lactam (4-membered cyclic amide) rings is 1. The Morgan fingerprint density at radius 1 is 1.06 bits per heavy atom. The van der Waals surface area contributed by atoms with Crippen molar-refractivity contribution in [1.29, 1.82) is 0 Å². The predicted octanol–water partition coefficient (Wildman–Crippen LogP) is 0.531. The van der Waals surface area contributed by atoms with Gasteiger partial charge in [-0.05, 0) is 11.1 Å². The van der Waals surface area contributed by atoms with E-state index in [-0.39, 0.29) is 25.6 Å². The van der Waals surface area contributed by atoms with Crippen molar-refractivity contribution in [3.8, 4) is 0 Å². The van der Waals surface area contributed by atoms with Gasteiger partial charge in [0.25, 0.3) is 0 Å². The summed E-state index contributed by atoms with van der Waals surface area (Å²) in [5, 5.41) is 7.65. The van der Waals surface area contributed by atoms with Crippen LogP contribution in [-0.4, -0.2) is 71.9 Å². The fourth-order valence-electron chi connectivity index (χ4n) is 3.77. The summed E-state index contributed by atoms with van der Waals surface area (Å²) >= 11 is 0. The molecule has 35 heavy (non-hydrogen) atoms. The number of amides is 6. The fourth-order valence-corrected chi connectivity index (χ4v) is 3.77. The van der Waals surface area contributed by atoms with Crippen molar-refractivity contribution in [3.63, 3.8) is 0 Å². The van der Waals surface area contributed by atoms with Crippen LogP contribution in [0.1, 0.15) is 17.2 Å². The number of benzene rings is 2. The summed E-state index contributed by atoms with van der Waals surface area (Å²) in [7, 11) is 1.46. The van der Waals surface area contributed by atoms with Gasteiger partial charge in [-0.3, -0.25) is 9.59 Å². The minimum absolute atomic E-state index is 0.0119. The topological polar surface area (TPSA) is 137 Å². The highest BCUT2D eigenvalue weighted by molar-refractivity contribution is 6.02. The van der Waals surface area contributed by atoms with Crippen molar-refractivity contribution >= 4 is 29.8 Å². The summed E-state index contributed by atoms with van der Waals surface area (Å²) in [4.78, 5) is 65.3. The zero-order valence-electron chi connectivity index (χ0n) is 19.0. The van der Waals surface area contributed by atoms with Gasteiger partial charge >= 0.3 is 18.0 Å². The molecule has 2 aromatic rings. The summed E-state index contributed by atoms with van der Waals surface area (Å²) < 4.78 is 5.35. The molecule has 2 aromatic carbocycles. The number of carbonyl (C=O) groups is 5. The maximum absolute atomic E-state index is 13.2. The first-order valence-corrected chi connectivity index (χ1v) is 11.0. The van der Waals surface area contributed by atoms with Gasteiger partial charge in [-0.2, -0.15) is 0 Å². The third-order valence-corrected chi connectivity index (χ3v) is 5.78. The second kappa shape index (κ2) is 10.2. The minimum Gasteiger partial charge on any atom is -0.459 e. The molecule has 3 unspecified atom stereocenters. The maximum Gasteiger partial charge on any atom is 0.331 e. The zero-order valence-corrected chi connectivity index (χ0v) is 19.0. The molecule has 0 saturated carbocycles. The van der Waals surface area contributed by atoms with E-state index in [1.807, 2.05) is 6.07 Å². The van der Waals surface area contributed by atoms with E-state index in [1.165, 1.54) is 11.9 Å². The van der Waals surface area contributed by atoms with Crippen LogP contribution in [-0.2, 0) is 25.7 Å². The molecule has 182 valence electrons. The van der Waals surface area contributed by atoms with E-state index in [1.54, 1.807) is 54.6 Å². The van der Waals surface area contributed by atoms with Gasteiger partial charge < -0.3 is 25.6 Å². The third kappa shape index (κ3) is 5.24. The number of hydrogen-bond acceptors (Lipinski definition) is 6. The molecule has 11 heteroatoms. The van der Waals surface area contributed by atoms with Crippen molar-refractivity contribution in [2.45, 2.75) is 24.7 Å². The van der Waals surface area contributed by atoms with Crippen LogP contribution in [0.15, 0.2) is 60.7 Å². The van der Waals surface area contributed by atoms with Crippen LogP contribution in [0.2, 0.25) is 0 Å². The normalized spacial score (nSPS) is 19.9. The van der Waals surface area contributed by atoms with Crippen LogP contribution in [0.3, 0.4) is 0 Å². The number of nitrogens with zero attached hydrogens (tertiary/aromatic N) is 2. The number of likely N-dealkylation sites (N-methyl/N-ethyl adjacent to an activating group) is 1. The lowest BCUT2D eigenvalue weighted by atomic mass is 10.0. The molecule has 11 nitrogen and oxygen atoms in total. The van der Waals surface area contributed by atoms with Crippen LogP contribution >= 0.6 is 0 Å². The summed E-state index contributed by atoms with van der Waals surface area (Å²) in [6.07, 6.45) is 0. The Hall–Kier alpha value is -4.41. The Morgan fingerprint density at radius 2 is 1.71 bits per heavy atom. The molecule has 0 aliphatic carbocycles. The van der Waals surface area contributed by atoms with Gasteiger partial charge in [-0.1, -0.05) is 60.7 Å². The molecule has 4 rings (SSSR count). The van der Waals surface area contributed by atoms with Crippen molar-refractivity contribution < 1.29 is 28.7 Å². The lowest BCUT2D eigenvalue weighted by Crippen LogP contribution is -2.63. The highest BCUT2D eigenvalue weighted by Gasteiger charge is 2.45.